The lowest BCUT2D eigenvalue weighted by atomic mass is 10.0. The van der Waals surface area contributed by atoms with E-state index in [2.05, 4.69) is 10.6 Å². The van der Waals surface area contributed by atoms with E-state index >= 15 is 0 Å². The number of nitrogens with zero attached hydrogens (tertiary/aromatic N) is 1. The molecule has 0 atom stereocenters. The van der Waals surface area contributed by atoms with Gasteiger partial charge in [0.2, 0.25) is 5.91 Å². The third-order valence-electron chi connectivity index (χ3n) is 5.04. The molecule has 3 rings (SSSR count). The first-order valence-electron chi connectivity index (χ1n) is 10.1. The summed E-state index contributed by atoms with van der Waals surface area (Å²) in [4.78, 5) is 38.2. The van der Waals surface area contributed by atoms with Crippen molar-refractivity contribution in [2.75, 3.05) is 26.2 Å². The average Bonchev–Trinajstić information content (AvgIpc) is 2.78. The number of piperidine rings is 1. The molecule has 2 N–H and O–H groups in total. The van der Waals surface area contributed by atoms with Crippen LogP contribution in [0.25, 0.3) is 0 Å². The van der Waals surface area contributed by atoms with Gasteiger partial charge in [-0.25, -0.2) is 0 Å². The Morgan fingerprint density at radius 1 is 1.00 bits per heavy atom. The van der Waals surface area contributed by atoms with Crippen LogP contribution in [0.15, 0.2) is 54.6 Å². The zero-order valence-electron chi connectivity index (χ0n) is 17.1. The van der Waals surface area contributed by atoms with Crippen LogP contribution in [0.3, 0.4) is 0 Å². The van der Waals surface area contributed by atoms with Crippen molar-refractivity contribution in [2.45, 2.75) is 25.8 Å². The molecule has 0 aliphatic carbocycles. The Hall–Kier alpha value is -3.35. The minimum absolute atomic E-state index is 0.00556. The van der Waals surface area contributed by atoms with Gasteiger partial charge in [-0.15, -0.1) is 0 Å². The van der Waals surface area contributed by atoms with Crippen LogP contribution < -0.4 is 15.4 Å². The van der Waals surface area contributed by atoms with E-state index in [9.17, 15) is 14.4 Å². The lowest BCUT2D eigenvalue weighted by molar-refractivity contribution is -0.134. The Bertz CT molecular complexity index is 860. The number of nitrogens with one attached hydrogen (secondary N) is 2. The van der Waals surface area contributed by atoms with Crippen LogP contribution in [0.4, 0.5) is 0 Å². The van der Waals surface area contributed by atoms with Crippen molar-refractivity contribution in [3.05, 3.63) is 65.7 Å². The number of hydrogen-bond acceptors (Lipinski definition) is 4. The normalized spacial score (nSPS) is 14.1. The first-order valence-corrected chi connectivity index (χ1v) is 10.1. The Morgan fingerprint density at radius 2 is 1.67 bits per heavy atom. The predicted octanol–water partition coefficient (Wildman–Crippen LogP) is 1.91. The molecule has 7 nitrogen and oxygen atoms in total. The molecule has 0 spiro atoms. The Morgan fingerprint density at radius 3 is 2.33 bits per heavy atom. The van der Waals surface area contributed by atoms with E-state index < -0.39 is 0 Å². The summed E-state index contributed by atoms with van der Waals surface area (Å²) in [6, 6.07) is 16.3. The van der Waals surface area contributed by atoms with Gasteiger partial charge in [0.1, 0.15) is 5.75 Å². The minimum atomic E-state index is -0.278. The number of ether oxygens (including phenoxy) is 1. The monoisotopic (exact) mass is 409 g/mol. The number of aryl methyl sites for hydroxylation is 1. The van der Waals surface area contributed by atoms with Crippen LogP contribution >= 0.6 is 0 Å². The van der Waals surface area contributed by atoms with Gasteiger partial charge < -0.3 is 20.3 Å². The highest BCUT2D eigenvalue weighted by Crippen LogP contribution is 2.13. The van der Waals surface area contributed by atoms with Gasteiger partial charge in [-0.3, -0.25) is 14.4 Å². The van der Waals surface area contributed by atoms with E-state index in [-0.39, 0.29) is 36.9 Å². The third-order valence-corrected chi connectivity index (χ3v) is 5.04. The molecule has 2 aromatic rings. The summed E-state index contributed by atoms with van der Waals surface area (Å²) in [6.07, 6.45) is 1.35. The number of likely N-dealkylation sites (tertiary alicyclic amines) is 1. The van der Waals surface area contributed by atoms with E-state index in [1.807, 2.05) is 37.3 Å². The summed E-state index contributed by atoms with van der Waals surface area (Å²) in [6.45, 7) is 3.06. The van der Waals surface area contributed by atoms with Crippen LogP contribution in [0.1, 0.15) is 28.8 Å². The summed E-state index contributed by atoms with van der Waals surface area (Å²) in [5.74, 6) is 0.107. The second-order valence-corrected chi connectivity index (χ2v) is 7.37. The van der Waals surface area contributed by atoms with Crippen LogP contribution in [0, 0.1) is 6.92 Å². The lowest BCUT2D eigenvalue weighted by Crippen LogP contribution is -2.49. The van der Waals surface area contributed by atoms with Gasteiger partial charge in [0.15, 0.2) is 6.61 Å². The van der Waals surface area contributed by atoms with Gasteiger partial charge in [0.05, 0.1) is 6.54 Å². The SMILES string of the molecule is Cc1ccc(OCC(=O)N2CCC(NC(=O)CNC(=O)c3ccccc3)CC2)cc1. The molecule has 0 unspecified atom stereocenters. The zero-order valence-corrected chi connectivity index (χ0v) is 17.1. The maximum absolute atomic E-state index is 12.3. The van der Waals surface area contributed by atoms with Crippen LogP contribution in [-0.2, 0) is 9.59 Å². The highest BCUT2D eigenvalue weighted by molar-refractivity contribution is 5.96. The molecule has 0 aromatic heterocycles. The molecule has 0 bridgehead atoms. The molecule has 1 heterocycles. The maximum atomic E-state index is 12.3. The van der Waals surface area contributed by atoms with Gasteiger partial charge in [-0.2, -0.15) is 0 Å². The Kier molecular flexibility index (Phi) is 7.43. The summed E-state index contributed by atoms with van der Waals surface area (Å²) >= 11 is 0. The quantitative estimate of drug-likeness (QED) is 0.731. The molecule has 30 heavy (non-hydrogen) atoms. The Balaban J connectivity index is 1.34. The fourth-order valence-electron chi connectivity index (χ4n) is 3.27. The lowest BCUT2D eigenvalue weighted by Gasteiger charge is -2.32. The Labute approximate surface area is 176 Å². The van der Waals surface area contributed by atoms with Crippen molar-refractivity contribution in [1.29, 1.82) is 0 Å². The number of carbonyl (C=O) groups excluding carboxylic acids is 3. The van der Waals surface area contributed by atoms with E-state index in [4.69, 9.17) is 4.74 Å². The summed E-state index contributed by atoms with van der Waals surface area (Å²) < 4.78 is 5.56. The average molecular weight is 409 g/mol. The summed E-state index contributed by atoms with van der Waals surface area (Å²) in [7, 11) is 0. The van der Waals surface area contributed by atoms with E-state index in [0.717, 1.165) is 5.56 Å². The van der Waals surface area contributed by atoms with Crippen molar-refractivity contribution in [1.82, 2.24) is 15.5 Å². The molecule has 1 fully saturated rings. The predicted molar refractivity (Wildman–Crippen MR) is 113 cm³/mol. The number of rotatable bonds is 7. The summed E-state index contributed by atoms with van der Waals surface area (Å²) in [5.41, 5.74) is 1.66. The van der Waals surface area contributed by atoms with Crippen molar-refractivity contribution >= 4 is 17.7 Å². The second-order valence-electron chi connectivity index (χ2n) is 7.37. The van der Waals surface area contributed by atoms with Gasteiger partial charge >= 0.3 is 0 Å². The van der Waals surface area contributed by atoms with Crippen molar-refractivity contribution < 1.29 is 19.1 Å². The second kappa shape index (κ2) is 10.4. The topological polar surface area (TPSA) is 87.7 Å². The molecule has 2 aromatic carbocycles. The molecule has 0 saturated carbocycles. The van der Waals surface area contributed by atoms with Gasteiger partial charge in [0, 0.05) is 24.7 Å². The minimum Gasteiger partial charge on any atom is -0.484 e. The van der Waals surface area contributed by atoms with E-state index in [0.29, 0.717) is 37.2 Å². The van der Waals surface area contributed by atoms with Gasteiger partial charge in [-0.05, 0) is 44.0 Å². The van der Waals surface area contributed by atoms with Crippen LogP contribution in [-0.4, -0.2) is 54.9 Å². The van der Waals surface area contributed by atoms with E-state index in [1.54, 1.807) is 29.2 Å². The smallest absolute Gasteiger partial charge is 0.260 e. The standard InChI is InChI=1S/C23H27N3O4/c1-17-7-9-20(10-8-17)30-16-22(28)26-13-11-19(12-14-26)25-21(27)15-24-23(29)18-5-3-2-4-6-18/h2-10,19H,11-16H2,1H3,(H,24,29)(H,25,27). The molecule has 1 aliphatic heterocycles. The van der Waals surface area contributed by atoms with Crippen LogP contribution in [0.5, 0.6) is 5.75 Å². The van der Waals surface area contributed by atoms with Gasteiger partial charge in [-0.1, -0.05) is 35.9 Å². The molecule has 1 aliphatic rings. The zero-order chi connectivity index (χ0) is 21.3. The number of hydrogen-bond donors (Lipinski definition) is 2. The number of carbonyl (C=O) groups is 3. The fraction of sp³-hybridized carbons (Fsp3) is 0.348. The highest BCUT2D eigenvalue weighted by atomic mass is 16.5. The van der Waals surface area contributed by atoms with E-state index in [1.165, 1.54) is 0 Å². The molecular formula is C23H27N3O4. The first kappa shape index (κ1) is 21.4. The summed E-state index contributed by atoms with van der Waals surface area (Å²) in [5, 5.41) is 5.54. The first-order chi connectivity index (χ1) is 14.5. The number of amides is 3. The fourth-order valence-corrected chi connectivity index (χ4v) is 3.27. The molecule has 0 radical (unpaired) electrons. The number of benzene rings is 2. The van der Waals surface area contributed by atoms with Crippen molar-refractivity contribution in [3.8, 4) is 5.75 Å². The highest BCUT2D eigenvalue weighted by Gasteiger charge is 2.24. The maximum Gasteiger partial charge on any atom is 0.260 e. The van der Waals surface area contributed by atoms with Crippen LogP contribution in [0.2, 0.25) is 0 Å². The van der Waals surface area contributed by atoms with Crippen molar-refractivity contribution in [3.63, 3.8) is 0 Å². The molecule has 1 saturated heterocycles. The molecular weight excluding hydrogens is 382 g/mol. The third kappa shape index (κ3) is 6.34. The van der Waals surface area contributed by atoms with Gasteiger partial charge in [0.25, 0.3) is 11.8 Å². The molecule has 7 heteroatoms. The largest absolute Gasteiger partial charge is 0.484 e. The molecule has 3 amide bonds. The van der Waals surface area contributed by atoms with Crippen molar-refractivity contribution in [2.24, 2.45) is 0 Å². The molecule has 158 valence electrons.